The van der Waals surface area contributed by atoms with Gasteiger partial charge < -0.3 is 5.11 Å². The Morgan fingerprint density at radius 2 is 1.88 bits per heavy atom. The maximum absolute atomic E-state index is 10.2. The Kier molecular flexibility index (Phi) is 3.87. The van der Waals surface area contributed by atoms with Crippen LogP contribution in [0.25, 0.3) is 0 Å². The highest BCUT2D eigenvalue weighted by Crippen LogP contribution is 2.33. The number of rotatable bonds is 3. The quantitative estimate of drug-likeness (QED) is 0.878. The van der Waals surface area contributed by atoms with Crippen LogP contribution >= 0.6 is 22.9 Å². The van der Waals surface area contributed by atoms with Crippen LogP contribution in [0.15, 0.2) is 29.6 Å². The van der Waals surface area contributed by atoms with Crippen molar-refractivity contribution in [3.63, 3.8) is 0 Å². The molecule has 2 aromatic rings. The van der Waals surface area contributed by atoms with Crippen molar-refractivity contribution in [2.75, 3.05) is 0 Å². The lowest BCUT2D eigenvalue weighted by Crippen LogP contribution is -2.00. The van der Waals surface area contributed by atoms with E-state index in [0.29, 0.717) is 11.4 Å². The summed E-state index contributed by atoms with van der Waals surface area (Å²) < 4.78 is 0. The van der Waals surface area contributed by atoms with Gasteiger partial charge in [0.1, 0.15) is 0 Å². The van der Waals surface area contributed by atoms with Crippen molar-refractivity contribution < 1.29 is 5.11 Å². The molecule has 1 aromatic carbocycles. The molecule has 3 heteroatoms. The average molecular weight is 267 g/mol. The number of benzene rings is 1. The lowest BCUT2D eigenvalue weighted by Gasteiger charge is -2.09. The summed E-state index contributed by atoms with van der Waals surface area (Å²) >= 11 is 7.67. The molecule has 1 unspecified atom stereocenters. The molecule has 0 fully saturated rings. The third kappa shape index (κ3) is 2.89. The van der Waals surface area contributed by atoms with Gasteiger partial charge in [-0.15, -0.1) is 11.3 Å². The van der Waals surface area contributed by atoms with Gasteiger partial charge in [-0.2, -0.15) is 0 Å². The third-order valence-corrected chi connectivity index (χ3v) is 4.59. The van der Waals surface area contributed by atoms with Gasteiger partial charge in [-0.05, 0) is 30.4 Å². The number of aryl methyl sites for hydroxylation is 2. The summed E-state index contributed by atoms with van der Waals surface area (Å²) in [5.74, 6) is 0. The fraction of sp³-hybridized carbons (Fsp3) is 0.286. The molecule has 17 heavy (non-hydrogen) atoms. The van der Waals surface area contributed by atoms with Crippen LogP contribution in [-0.2, 0) is 6.42 Å². The maximum Gasteiger partial charge on any atom is 0.0937 e. The van der Waals surface area contributed by atoms with Crippen molar-refractivity contribution in [2.24, 2.45) is 0 Å². The van der Waals surface area contributed by atoms with Gasteiger partial charge in [0.05, 0.1) is 16.0 Å². The fourth-order valence-corrected chi connectivity index (χ4v) is 3.02. The summed E-state index contributed by atoms with van der Waals surface area (Å²) in [7, 11) is 0. The summed E-state index contributed by atoms with van der Waals surface area (Å²) in [5.41, 5.74) is 3.40. The molecule has 0 aliphatic heterocycles. The van der Waals surface area contributed by atoms with Gasteiger partial charge in [-0.25, -0.2) is 0 Å². The van der Waals surface area contributed by atoms with Gasteiger partial charge in [-0.3, -0.25) is 0 Å². The van der Waals surface area contributed by atoms with Crippen LogP contribution in [-0.4, -0.2) is 5.11 Å². The summed E-state index contributed by atoms with van der Waals surface area (Å²) in [4.78, 5) is 0.866. The van der Waals surface area contributed by atoms with Gasteiger partial charge in [0, 0.05) is 6.42 Å². The molecule has 1 N–H and O–H groups in total. The van der Waals surface area contributed by atoms with Gasteiger partial charge in [0.2, 0.25) is 0 Å². The maximum atomic E-state index is 10.2. The topological polar surface area (TPSA) is 20.2 Å². The second-order valence-electron chi connectivity index (χ2n) is 4.30. The van der Waals surface area contributed by atoms with E-state index in [9.17, 15) is 5.11 Å². The van der Waals surface area contributed by atoms with E-state index in [1.807, 2.05) is 24.4 Å². The van der Waals surface area contributed by atoms with Crippen molar-refractivity contribution in [3.8, 4) is 0 Å². The molecule has 0 spiro atoms. The molecule has 1 aromatic heterocycles. The van der Waals surface area contributed by atoms with Gasteiger partial charge in [-0.1, -0.05) is 41.4 Å². The smallest absolute Gasteiger partial charge is 0.0937 e. The number of halogens is 1. The van der Waals surface area contributed by atoms with E-state index in [4.69, 9.17) is 11.6 Å². The van der Waals surface area contributed by atoms with Crippen LogP contribution < -0.4 is 0 Å². The molecular weight excluding hydrogens is 252 g/mol. The molecule has 0 amide bonds. The number of hydrogen-bond acceptors (Lipinski definition) is 2. The highest BCUT2D eigenvalue weighted by atomic mass is 35.5. The van der Waals surface area contributed by atoms with Crippen molar-refractivity contribution in [2.45, 2.75) is 26.4 Å². The normalized spacial score (nSPS) is 12.7. The lowest BCUT2D eigenvalue weighted by molar-refractivity contribution is 0.182. The molecule has 90 valence electrons. The van der Waals surface area contributed by atoms with Crippen molar-refractivity contribution in [1.82, 2.24) is 0 Å². The Morgan fingerprint density at radius 3 is 2.41 bits per heavy atom. The van der Waals surface area contributed by atoms with Gasteiger partial charge >= 0.3 is 0 Å². The summed E-state index contributed by atoms with van der Waals surface area (Å²) in [5, 5.41) is 12.8. The third-order valence-electron chi connectivity index (χ3n) is 2.78. The van der Waals surface area contributed by atoms with E-state index in [1.165, 1.54) is 16.9 Å². The van der Waals surface area contributed by atoms with Crippen LogP contribution in [0.3, 0.4) is 0 Å². The van der Waals surface area contributed by atoms with Crippen molar-refractivity contribution in [1.29, 1.82) is 0 Å². The molecule has 0 radical (unpaired) electrons. The Bertz CT molecular complexity index is 501. The van der Waals surface area contributed by atoms with E-state index in [1.54, 1.807) is 0 Å². The van der Waals surface area contributed by atoms with E-state index < -0.39 is 6.10 Å². The first-order chi connectivity index (χ1) is 8.08. The predicted octanol–water partition coefficient (Wildman–Crippen LogP) is 4.29. The van der Waals surface area contributed by atoms with Crippen LogP contribution in [0.4, 0.5) is 0 Å². The second kappa shape index (κ2) is 5.21. The minimum atomic E-state index is -0.510. The molecule has 0 saturated carbocycles. The van der Waals surface area contributed by atoms with Crippen LogP contribution in [0.1, 0.15) is 27.7 Å². The molecule has 0 saturated heterocycles. The van der Waals surface area contributed by atoms with E-state index in [2.05, 4.69) is 19.1 Å². The highest BCUT2D eigenvalue weighted by molar-refractivity contribution is 7.10. The Labute approximate surface area is 111 Å². The molecular formula is C14H15ClOS. The summed E-state index contributed by atoms with van der Waals surface area (Å²) in [6.45, 7) is 4.01. The van der Waals surface area contributed by atoms with Gasteiger partial charge in [0.25, 0.3) is 0 Å². The summed E-state index contributed by atoms with van der Waals surface area (Å²) in [6.07, 6.45) is 0.101. The molecule has 0 aliphatic rings. The van der Waals surface area contributed by atoms with Crippen LogP contribution in [0.5, 0.6) is 0 Å². The minimum absolute atomic E-state index is 0.510. The highest BCUT2D eigenvalue weighted by Gasteiger charge is 2.15. The SMILES string of the molecule is Cc1ccc(CC(O)c2scc(C)c2Cl)cc1. The van der Waals surface area contributed by atoms with Crippen molar-refractivity contribution in [3.05, 3.63) is 56.2 Å². The van der Waals surface area contributed by atoms with Crippen molar-refractivity contribution >= 4 is 22.9 Å². The Balaban J connectivity index is 2.14. The number of hydrogen-bond donors (Lipinski definition) is 1. The Morgan fingerprint density at radius 1 is 1.24 bits per heavy atom. The molecule has 1 atom stereocenters. The average Bonchev–Trinajstić information content (AvgIpc) is 2.63. The first kappa shape index (κ1) is 12.6. The lowest BCUT2D eigenvalue weighted by atomic mass is 10.1. The molecule has 0 aliphatic carbocycles. The monoisotopic (exact) mass is 266 g/mol. The number of aliphatic hydroxyl groups excluding tert-OH is 1. The number of thiophene rings is 1. The zero-order valence-corrected chi connectivity index (χ0v) is 11.5. The van der Waals surface area contributed by atoms with E-state index in [0.717, 1.165) is 16.0 Å². The summed E-state index contributed by atoms with van der Waals surface area (Å²) in [6, 6.07) is 8.21. The predicted molar refractivity (Wildman–Crippen MR) is 73.9 cm³/mol. The van der Waals surface area contributed by atoms with Crippen LogP contribution in [0, 0.1) is 13.8 Å². The molecule has 2 rings (SSSR count). The standard InChI is InChI=1S/C14H15ClOS/c1-9-3-5-11(6-4-9)7-12(16)14-13(15)10(2)8-17-14/h3-6,8,12,16H,7H2,1-2H3. The first-order valence-electron chi connectivity index (χ1n) is 5.55. The zero-order chi connectivity index (χ0) is 12.4. The zero-order valence-electron chi connectivity index (χ0n) is 9.90. The van der Waals surface area contributed by atoms with Crippen LogP contribution in [0.2, 0.25) is 5.02 Å². The van der Waals surface area contributed by atoms with E-state index >= 15 is 0 Å². The van der Waals surface area contributed by atoms with E-state index in [-0.39, 0.29) is 0 Å². The van der Waals surface area contributed by atoms with Gasteiger partial charge in [0.15, 0.2) is 0 Å². The minimum Gasteiger partial charge on any atom is -0.387 e. The molecule has 0 bridgehead atoms. The fourth-order valence-electron chi connectivity index (χ4n) is 1.71. The Hall–Kier alpha value is -0.830. The molecule has 1 heterocycles. The largest absolute Gasteiger partial charge is 0.387 e. The number of aliphatic hydroxyl groups is 1. The second-order valence-corrected chi connectivity index (χ2v) is 5.59. The first-order valence-corrected chi connectivity index (χ1v) is 6.81. The molecule has 1 nitrogen and oxygen atoms in total.